The van der Waals surface area contributed by atoms with E-state index >= 15 is 0 Å². The summed E-state index contributed by atoms with van der Waals surface area (Å²) in [6, 6.07) is 36.4. The van der Waals surface area contributed by atoms with Gasteiger partial charge in [-0.2, -0.15) is 0 Å². The van der Waals surface area contributed by atoms with Gasteiger partial charge in [-0.3, -0.25) is 0 Å². The first-order chi connectivity index (χ1) is 18.3. The van der Waals surface area contributed by atoms with Gasteiger partial charge < -0.3 is 24.3 Å². The molecule has 0 fully saturated rings. The van der Waals surface area contributed by atoms with E-state index in [9.17, 15) is 19.2 Å². The van der Waals surface area contributed by atoms with Crippen LogP contribution in [0.1, 0.15) is 29.2 Å². The van der Waals surface area contributed by atoms with Crippen molar-refractivity contribution >= 4 is 29.1 Å². The molecule has 0 unspecified atom stereocenters. The van der Waals surface area contributed by atoms with E-state index in [0.717, 1.165) is 0 Å². The van der Waals surface area contributed by atoms with Gasteiger partial charge in [-0.1, -0.05) is 72.8 Å². The first-order valence-corrected chi connectivity index (χ1v) is 11.7. The van der Waals surface area contributed by atoms with E-state index in [4.69, 9.17) is 9.90 Å². The monoisotopic (exact) mass is 676 g/mol. The van der Waals surface area contributed by atoms with Crippen LogP contribution in [0.3, 0.4) is 0 Å². The molecule has 0 atom stereocenters. The molecule has 0 saturated carbocycles. The minimum atomic E-state index is -0.333. The number of hydrogen-bond donors (Lipinski definition) is 0. The molecule has 0 aliphatic carbocycles. The number of carbonyl (C=O) groups excluding carboxylic acids is 5. The minimum Gasteiger partial charge on any atom is -0.524 e. The normalized spacial score (nSPS) is 9.05. The summed E-state index contributed by atoms with van der Waals surface area (Å²) in [7, 11) is 0. The third-order valence-corrected chi connectivity index (χ3v) is 4.83. The van der Waals surface area contributed by atoms with Gasteiger partial charge in [0.2, 0.25) is 0 Å². The summed E-state index contributed by atoms with van der Waals surface area (Å²) in [6.07, 6.45) is 2.70. The third-order valence-electron chi connectivity index (χ3n) is 4.83. The van der Waals surface area contributed by atoms with Crippen molar-refractivity contribution in [3.05, 3.63) is 156 Å². The minimum absolute atomic E-state index is 0. The zero-order valence-electron chi connectivity index (χ0n) is 21.3. The molecule has 0 bridgehead atoms. The van der Waals surface area contributed by atoms with Gasteiger partial charge in [0.25, 0.3) is 23.1 Å². The van der Waals surface area contributed by atoms with Crippen LogP contribution in [0, 0.1) is 51.0 Å². The molecule has 7 N–H and O–H groups in total. The maximum Gasteiger partial charge on any atom is 3.00 e. The van der Waals surface area contributed by atoms with Crippen molar-refractivity contribution in [2.75, 3.05) is 0 Å². The Morgan fingerprint density at radius 1 is 0.436 bits per heavy atom. The van der Waals surface area contributed by atoms with E-state index in [2.05, 4.69) is 0 Å². The molecule has 4 rings (SSSR count). The first-order valence-electron chi connectivity index (χ1n) is 11.7. The maximum atomic E-state index is 9.83. The quantitative estimate of drug-likeness (QED) is 0.116. The summed E-state index contributed by atoms with van der Waals surface area (Å²) in [5.74, 6) is -0.141. The van der Waals surface area contributed by atoms with Crippen LogP contribution in [0.25, 0.3) is 0 Å². The number of rotatable bonds is 8. The Morgan fingerprint density at radius 2 is 0.590 bits per heavy atom. The second kappa shape index (κ2) is 18.3. The van der Waals surface area contributed by atoms with Crippen molar-refractivity contribution in [3.8, 4) is 0 Å². The molecule has 0 spiro atoms. The zero-order valence-corrected chi connectivity index (χ0v) is 23.3. The van der Waals surface area contributed by atoms with E-state index in [1.54, 1.807) is 48.5 Å². The van der Waals surface area contributed by atoms with E-state index in [1.807, 2.05) is 72.8 Å². The molecule has 0 aliphatic rings. The summed E-state index contributed by atoms with van der Waals surface area (Å²) >= 11 is 0. The van der Waals surface area contributed by atoms with Crippen LogP contribution in [0.15, 0.2) is 121 Å². The van der Waals surface area contributed by atoms with Crippen molar-refractivity contribution < 1.29 is 67.3 Å². The molecule has 0 heterocycles. The van der Waals surface area contributed by atoms with Crippen LogP contribution in [0.2, 0.25) is 0 Å². The van der Waals surface area contributed by atoms with Crippen LogP contribution in [0.5, 0.6) is 0 Å². The summed E-state index contributed by atoms with van der Waals surface area (Å²) in [5, 5.41) is 6.06. The molecule has 6 nitrogen and oxygen atoms in total. The predicted molar refractivity (Wildman–Crippen MR) is 155 cm³/mol. The van der Waals surface area contributed by atoms with Gasteiger partial charge in [-0.05, 0) is 22.3 Å². The van der Waals surface area contributed by atoms with Gasteiger partial charge in [0.1, 0.15) is 6.92 Å². The zero-order chi connectivity index (χ0) is 27.8. The number of hydrogen-bond acceptors (Lipinski definition) is 0. The molecule has 0 saturated heterocycles. The standard InChI is InChI=1S/2C15H11O2.C2H4O2.Dy/c2*16-14(12-7-3-1-4-8-12)11-15(17)13-9-5-2-6-10-13;1-2(3)4;/h2*1-11H;1H3,(H,3,4);/q2*-1;;+3/p+6. The summed E-state index contributed by atoms with van der Waals surface area (Å²) in [5.41, 5.74) is 2.70. The van der Waals surface area contributed by atoms with E-state index in [-0.39, 0.29) is 67.3 Å². The second-order valence-corrected chi connectivity index (χ2v) is 7.88. The van der Waals surface area contributed by atoms with Crippen LogP contribution in [-0.2, 0) is 0 Å². The van der Waals surface area contributed by atoms with Crippen LogP contribution < -0.4 is 0 Å². The Balaban J connectivity index is 0.000000336. The van der Waals surface area contributed by atoms with E-state index < -0.39 is 0 Å². The van der Waals surface area contributed by atoms with Gasteiger partial charge in [0.05, 0.1) is 0 Å². The molecule has 39 heavy (non-hydrogen) atoms. The van der Waals surface area contributed by atoms with Gasteiger partial charge in [0, 0.05) is 12.8 Å². The molecule has 1 radical (unpaired) electrons. The Kier molecular flexibility index (Phi) is 15.5. The Bertz CT molecular complexity index is 1130. The molecule has 199 valence electrons. The van der Waals surface area contributed by atoms with Crippen molar-refractivity contribution in [1.29, 1.82) is 0 Å². The fourth-order valence-corrected chi connectivity index (χ4v) is 3.03. The van der Waals surface area contributed by atoms with Crippen molar-refractivity contribution in [2.24, 2.45) is 0 Å². The second-order valence-electron chi connectivity index (χ2n) is 7.88. The molecular weight excluding hydrogens is 643 g/mol. The smallest absolute Gasteiger partial charge is 0.524 e. The fraction of sp³-hybridized carbons (Fsp3) is 0.0312. The number of benzene rings is 4. The van der Waals surface area contributed by atoms with Crippen molar-refractivity contribution in [2.45, 2.75) is 6.92 Å². The van der Waals surface area contributed by atoms with Crippen LogP contribution in [-0.4, -0.2) is 58.2 Å². The summed E-state index contributed by atoms with van der Waals surface area (Å²) < 4.78 is 0. The van der Waals surface area contributed by atoms with E-state index in [1.165, 1.54) is 19.8 Å². The van der Waals surface area contributed by atoms with Gasteiger partial charge in [-0.25, -0.2) is 4.79 Å². The molecule has 0 aliphatic heterocycles. The molecule has 0 aromatic heterocycles. The molecule has 4 aromatic carbocycles. The Morgan fingerprint density at radius 3 is 0.744 bits per heavy atom. The van der Waals surface area contributed by atoms with Crippen LogP contribution in [0.4, 0.5) is 0 Å². The third kappa shape index (κ3) is 12.9. The Hall–Kier alpha value is -3.96. The first kappa shape index (κ1) is 33.1. The molecule has 0 amide bonds. The maximum absolute atomic E-state index is 9.83. The van der Waals surface area contributed by atoms with E-state index in [0.29, 0.717) is 22.3 Å². The largest absolute Gasteiger partial charge is 3.00 e. The molecular formula is C32H32DyO6+7. The van der Waals surface area contributed by atoms with Crippen molar-refractivity contribution in [1.82, 2.24) is 0 Å². The number of ketones is 4. The Labute approximate surface area is 258 Å². The van der Waals surface area contributed by atoms with Gasteiger partial charge in [0.15, 0.2) is 0 Å². The SMILES string of the molecule is CC(=[OH+])[OH2+].[Dy+3].[OH+]=C([CH-]C(=[OH+])c1ccccc1)c1ccccc1.[OH+]=C([CH-]C(=[OH+])c1ccccc1)c1ccccc1. The average Bonchev–Trinajstić information content (AvgIpc) is 2.95. The topological polar surface area (TPSA) is 130 Å². The van der Waals surface area contributed by atoms with Gasteiger partial charge in [-0.15, -0.1) is 48.5 Å². The van der Waals surface area contributed by atoms with Crippen molar-refractivity contribution in [3.63, 3.8) is 0 Å². The fourth-order valence-electron chi connectivity index (χ4n) is 3.03. The van der Waals surface area contributed by atoms with Gasteiger partial charge >= 0.3 is 44.1 Å². The molecule has 4 aromatic rings. The summed E-state index contributed by atoms with van der Waals surface area (Å²) in [6.45, 7) is 1.31. The average molecular weight is 675 g/mol. The predicted octanol–water partition coefficient (Wildman–Crippen LogP) is 3.99. The summed E-state index contributed by atoms with van der Waals surface area (Å²) in [4.78, 5) is 47.0. The van der Waals surface area contributed by atoms with Crippen LogP contribution >= 0.6 is 0 Å². The molecule has 7 heteroatoms.